The standard InChI is InChI=1S/C40H55N3/c1-11-17-23-35(33(9)39(22-14-4)41-16-6)24-20-27-40-37(15-5)31(7)30-36(25-21-29-43-40)38(26-18-12-2)32(8)34(10)42-28-19-13-3/h14,16-18,20-28,30H,10-13,15,19,29H2,1-9H3/b22-14-,23-17?,25-21?,26-18-,27-20-,35-24-,36-30?,37-31+,38-32?,39-33-,41-16?,42-28?,43-40?. The first-order valence-electron chi connectivity index (χ1n) is 15.9. The topological polar surface area (TPSA) is 37.1 Å². The van der Waals surface area contributed by atoms with Crippen LogP contribution in [-0.2, 0) is 0 Å². The minimum Gasteiger partial charge on any atom is -0.281 e. The molecular weight excluding hydrogens is 522 g/mol. The molecule has 0 radical (unpaired) electrons. The van der Waals surface area contributed by atoms with Crippen molar-refractivity contribution < 1.29 is 0 Å². The van der Waals surface area contributed by atoms with Crippen LogP contribution < -0.4 is 0 Å². The third kappa shape index (κ3) is 12.9. The summed E-state index contributed by atoms with van der Waals surface area (Å²) >= 11 is 0. The van der Waals surface area contributed by atoms with Crippen LogP contribution in [0.15, 0.2) is 145 Å². The van der Waals surface area contributed by atoms with Crippen molar-refractivity contribution in [3.63, 3.8) is 0 Å². The molecule has 0 aromatic heterocycles. The van der Waals surface area contributed by atoms with Gasteiger partial charge in [-0.05, 0) is 111 Å². The summed E-state index contributed by atoms with van der Waals surface area (Å²) in [6.45, 7) is 24.0. The molecule has 230 valence electrons. The summed E-state index contributed by atoms with van der Waals surface area (Å²) in [6, 6.07) is 0. The predicted octanol–water partition coefficient (Wildman–Crippen LogP) is 11.7. The maximum atomic E-state index is 5.01. The lowest BCUT2D eigenvalue weighted by Gasteiger charge is -2.13. The van der Waals surface area contributed by atoms with Crippen LogP contribution in [0.4, 0.5) is 0 Å². The SMILES string of the molecule is C=C(N=CCCC)C(C)=C(/C=C\CC)C1=C/C(C)=C(\CC)C(\C=C/C=C(C=CCC)\C(C)=C(\C=C/C)N=CC)=NCC=C1. The van der Waals surface area contributed by atoms with E-state index in [0.29, 0.717) is 6.54 Å². The van der Waals surface area contributed by atoms with Crippen LogP contribution in [0, 0.1) is 0 Å². The molecule has 1 aliphatic rings. The average molecular weight is 578 g/mol. The van der Waals surface area contributed by atoms with Gasteiger partial charge in [0, 0.05) is 12.4 Å². The second-order valence-electron chi connectivity index (χ2n) is 10.3. The molecule has 0 unspecified atom stereocenters. The van der Waals surface area contributed by atoms with Gasteiger partial charge in [-0.2, -0.15) is 0 Å². The summed E-state index contributed by atoms with van der Waals surface area (Å²) in [5.41, 5.74) is 10.9. The summed E-state index contributed by atoms with van der Waals surface area (Å²) in [7, 11) is 0. The maximum absolute atomic E-state index is 5.01. The van der Waals surface area contributed by atoms with E-state index in [2.05, 4.69) is 132 Å². The van der Waals surface area contributed by atoms with Gasteiger partial charge in [-0.15, -0.1) is 0 Å². The Morgan fingerprint density at radius 3 is 2.33 bits per heavy atom. The smallest absolute Gasteiger partial charge is 0.0657 e. The fourth-order valence-electron chi connectivity index (χ4n) is 4.51. The highest BCUT2D eigenvalue weighted by Gasteiger charge is 2.11. The number of rotatable bonds is 15. The predicted molar refractivity (Wildman–Crippen MR) is 196 cm³/mol. The highest BCUT2D eigenvalue weighted by molar-refractivity contribution is 6.09. The van der Waals surface area contributed by atoms with Gasteiger partial charge in [0.15, 0.2) is 0 Å². The number of nitrogens with zero attached hydrogens (tertiary/aromatic N) is 3. The van der Waals surface area contributed by atoms with Gasteiger partial charge in [0.1, 0.15) is 0 Å². The van der Waals surface area contributed by atoms with E-state index in [9.17, 15) is 0 Å². The molecule has 43 heavy (non-hydrogen) atoms. The van der Waals surface area contributed by atoms with Crippen molar-refractivity contribution in [2.24, 2.45) is 15.0 Å². The lowest BCUT2D eigenvalue weighted by Crippen LogP contribution is -2.02. The van der Waals surface area contributed by atoms with E-state index in [-0.39, 0.29) is 0 Å². The van der Waals surface area contributed by atoms with Crippen molar-refractivity contribution in [2.45, 2.75) is 94.4 Å². The van der Waals surface area contributed by atoms with E-state index in [0.717, 1.165) is 77.1 Å². The molecule has 3 nitrogen and oxygen atoms in total. The molecule has 0 aromatic rings. The average Bonchev–Trinajstić information content (AvgIpc) is 3.07. The fourth-order valence-corrected chi connectivity index (χ4v) is 4.51. The lowest BCUT2D eigenvalue weighted by atomic mass is 9.93. The normalized spacial score (nSPS) is 18.6. The van der Waals surface area contributed by atoms with Gasteiger partial charge in [-0.1, -0.05) is 101 Å². The van der Waals surface area contributed by atoms with Crippen LogP contribution in [0.5, 0.6) is 0 Å². The molecule has 0 N–H and O–H groups in total. The minimum atomic E-state index is 0.606. The summed E-state index contributed by atoms with van der Waals surface area (Å²) < 4.78 is 0. The third-order valence-electron chi connectivity index (χ3n) is 6.98. The molecule has 0 aromatic carbocycles. The number of aliphatic imine (C=N–C) groups is 3. The molecule has 0 atom stereocenters. The molecule has 3 heteroatoms. The van der Waals surface area contributed by atoms with E-state index in [4.69, 9.17) is 4.99 Å². The van der Waals surface area contributed by atoms with Crippen LogP contribution in [-0.4, -0.2) is 24.7 Å². The van der Waals surface area contributed by atoms with Crippen LogP contribution >= 0.6 is 0 Å². The molecule has 0 aliphatic carbocycles. The summed E-state index contributed by atoms with van der Waals surface area (Å²) in [5, 5.41) is 0. The lowest BCUT2D eigenvalue weighted by molar-refractivity contribution is 1.01. The molecule has 0 saturated heterocycles. The van der Waals surface area contributed by atoms with Gasteiger partial charge in [0.25, 0.3) is 0 Å². The van der Waals surface area contributed by atoms with Crippen molar-refractivity contribution in [1.29, 1.82) is 0 Å². The molecule has 0 bridgehead atoms. The highest BCUT2D eigenvalue weighted by Crippen LogP contribution is 2.27. The number of hydrogen-bond donors (Lipinski definition) is 0. The Bertz CT molecular complexity index is 1320. The maximum Gasteiger partial charge on any atom is 0.0657 e. The monoisotopic (exact) mass is 577 g/mol. The van der Waals surface area contributed by atoms with E-state index in [1.807, 2.05) is 32.4 Å². The van der Waals surface area contributed by atoms with Gasteiger partial charge in [0.05, 0.1) is 23.7 Å². The van der Waals surface area contributed by atoms with Gasteiger partial charge < -0.3 is 0 Å². The van der Waals surface area contributed by atoms with Gasteiger partial charge >= 0.3 is 0 Å². The number of allylic oxidation sites excluding steroid dienone is 18. The van der Waals surface area contributed by atoms with Gasteiger partial charge in [0.2, 0.25) is 0 Å². The Hall–Kier alpha value is -3.85. The van der Waals surface area contributed by atoms with Crippen LogP contribution in [0.25, 0.3) is 0 Å². The van der Waals surface area contributed by atoms with Gasteiger partial charge in [-0.25, -0.2) is 0 Å². The third-order valence-corrected chi connectivity index (χ3v) is 6.98. The van der Waals surface area contributed by atoms with E-state index >= 15 is 0 Å². The Morgan fingerprint density at radius 2 is 1.70 bits per heavy atom. The minimum absolute atomic E-state index is 0.606. The quantitative estimate of drug-likeness (QED) is 0.137. The molecule has 0 fully saturated rings. The van der Waals surface area contributed by atoms with E-state index < -0.39 is 0 Å². The second-order valence-corrected chi connectivity index (χ2v) is 10.3. The number of hydrogen-bond acceptors (Lipinski definition) is 3. The van der Waals surface area contributed by atoms with Crippen molar-refractivity contribution in [1.82, 2.24) is 0 Å². The van der Waals surface area contributed by atoms with Crippen LogP contribution in [0.2, 0.25) is 0 Å². The zero-order valence-electron chi connectivity index (χ0n) is 28.4. The Balaban J connectivity index is 3.70. The van der Waals surface area contributed by atoms with E-state index in [1.54, 1.807) is 0 Å². The first kappa shape index (κ1) is 37.2. The zero-order chi connectivity index (χ0) is 32.0. The summed E-state index contributed by atoms with van der Waals surface area (Å²) in [4.78, 5) is 14.2. The Morgan fingerprint density at radius 1 is 0.977 bits per heavy atom. The Labute approximate surface area is 263 Å². The molecule has 1 rings (SSSR count). The second kappa shape index (κ2) is 21.8. The van der Waals surface area contributed by atoms with Crippen LogP contribution in [0.3, 0.4) is 0 Å². The molecule has 0 saturated carbocycles. The first-order valence-corrected chi connectivity index (χ1v) is 15.9. The van der Waals surface area contributed by atoms with Crippen molar-refractivity contribution in [3.05, 3.63) is 130 Å². The van der Waals surface area contributed by atoms with Crippen molar-refractivity contribution >= 4 is 18.1 Å². The van der Waals surface area contributed by atoms with Crippen molar-refractivity contribution in [2.75, 3.05) is 6.54 Å². The molecular formula is C40H55N3. The Kier molecular flexibility index (Phi) is 18.8. The largest absolute Gasteiger partial charge is 0.281 e. The summed E-state index contributed by atoms with van der Waals surface area (Å²) in [5.74, 6) is 0. The molecule has 1 aliphatic heterocycles. The van der Waals surface area contributed by atoms with Crippen molar-refractivity contribution in [3.8, 4) is 0 Å². The zero-order valence-corrected chi connectivity index (χ0v) is 28.4. The van der Waals surface area contributed by atoms with Gasteiger partial charge in [-0.3, -0.25) is 15.0 Å². The van der Waals surface area contributed by atoms with Crippen LogP contribution in [0.1, 0.15) is 94.4 Å². The molecule has 0 amide bonds. The molecule has 0 spiro atoms. The first-order chi connectivity index (χ1) is 20.8. The summed E-state index contributed by atoms with van der Waals surface area (Å²) in [6.07, 6.45) is 34.6. The molecule has 1 heterocycles. The highest BCUT2D eigenvalue weighted by atomic mass is 14.7. The fraction of sp³-hybridized carbons (Fsp3) is 0.375. The van der Waals surface area contributed by atoms with E-state index in [1.165, 1.54) is 11.1 Å². The number of unbranched alkanes of at least 4 members (excludes halogenated alkanes) is 1.